The molecule has 0 radical (unpaired) electrons. The monoisotopic (exact) mass is 384 g/mol. The molecule has 7 nitrogen and oxygen atoms in total. The number of likely N-dealkylation sites (tertiary alicyclic amines) is 2. The lowest BCUT2D eigenvalue weighted by molar-refractivity contribution is -0.128. The van der Waals surface area contributed by atoms with Crippen molar-refractivity contribution in [2.24, 2.45) is 5.41 Å². The molecule has 2 aliphatic rings. The molecule has 4 rings (SSSR count). The van der Waals surface area contributed by atoms with Crippen molar-refractivity contribution in [2.75, 3.05) is 26.7 Å². The highest BCUT2D eigenvalue weighted by Gasteiger charge is 2.44. The van der Waals surface area contributed by atoms with Gasteiger partial charge in [-0.1, -0.05) is 24.2 Å². The average Bonchev–Trinajstić information content (AvgIpc) is 3.28. The molecule has 1 spiro atoms. The molecule has 1 aromatic carbocycles. The third-order valence-electron chi connectivity index (χ3n) is 6.01. The van der Waals surface area contributed by atoms with Crippen LogP contribution >= 0.6 is 0 Å². The van der Waals surface area contributed by atoms with Crippen LogP contribution in [0.1, 0.15) is 43.5 Å². The van der Waals surface area contributed by atoms with Crippen LogP contribution in [0.4, 0.5) is 0 Å². The summed E-state index contributed by atoms with van der Waals surface area (Å²) in [6, 6.07) is 7.97. The first kappa shape index (κ1) is 18.9. The van der Waals surface area contributed by atoms with Crippen LogP contribution in [0.25, 0.3) is 0 Å². The summed E-state index contributed by atoms with van der Waals surface area (Å²) in [6.07, 6.45) is 3.49. The van der Waals surface area contributed by atoms with E-state index < -0.39 is 0 Å². The van der Waals surface area contributed by atoms with Gasteiger partial charge in [0.25, 0.3) is 0 Å². The zero-order valence-corrected chi connectivity index (χ0v) is 16.7. The average molecular weight is 384 g/mol. The lowest BCUT2D eigenvalue weighted by Crippen LogP contribution is -2.41. The van der Waals surface area contributed by atoms with Crippen molar-refractivity contribution in [3.8, 4) is 5.75 Å². The number of benzene rings is 1. The standard InChI is InChI=1S/C21H28N4O3/c1-3-19-22-18(23-28-19)14-24-9-7-21(8-10-24)12-20(26)25(15-21)13-16-5-4-6-17(11-16)27-2/h4-6,11H,3,7-10,12-15H2,1-2H3. The second kappa shape index (κ2) is 7.91. The third-order valence-corrected chi connectivity index (χ3v) is 6.01. The quantitative estimate of drug-likeness (QED) is 0.762. The van der Waals surface area contributed by atoms with Crippen molar-refractivity contribution in [3.05, 3.63) is 41.5 Å². The molecular weight excluding hydrogens is 356 g/mol. The third kappa shape index (κ3) is 4.04. The number of carbonyl (C=O) groups excluding carboxylic acids is 1. The van der Waals surface area contributed by atoms with E-state index >= 15 is 0 Å². The molecule has 2 saturated heterocycles. The first-order valence-electron chi connectivity index (χ1n) is 10.0. The van der Waals surface area contributed by atoms with Gasteiger partial charge in [0.2, 0.25) is 11.8 Å². The van der Waals surface area contributed by atoms with Crippen LogP contribution in [0, 0.1) is 5.41 Å². The van der Waals surface area contributed by atoms with Crippen molar-refractivity contribution in [1.29, 1.82) is 0 Å². The van der Waals surface area contributed by atoms with E-state index in [0.29, 0.717) is 18.9 Å². The van der Waals surface area contributed by atoms with Crippen LogP contribution in [0.2, 0.25) is 0 Å². The maximum absolute atomic E-state index is 12.7. The number of methoxy groups -OCH3 is 1. The SMILES string of the molecule is CCc1nc(CN2CCC3(CC2)CC(=O)N(Cc2cccc(OC)c2)C3)no1. The van der Waals surface area contributed by atoms with Gasteiger partial charge in [0.05, 0.1) is 13.7 Å². The molecule has 0 N–H and O–H groups in total. The van der Waals surface area contributed by atoms with Crippen LogP contribution < -0.4 is 4.74 Å². The molecule has 0 bridgehead atoms. The van der Waals surface area contributed by atoms with Gasteiger partial charge in [0.1, 0.15) is 5.75 Å². The van der Waals surface area contributed by atoms with Crippen LogP contribution in [0.5, 0.6) is 5.75 Å². The summed E-state index contributed by atoms with van der Waals surface area (Å²) in [7, 11) is 1.67. The smallest absolute Gasteiger partial charge is 0.226 e. The normalized spacial score (nSPS) is 19.5. The molecule has 0 aliphatic carbocycles. The molecule has 2 aliphatic heterocycles. The molecule has 1 amide bonds. The van der Waals surface area contributed by atoms with Gasteiger partial charge in [-0.05, 0) is 49.0 Å². The lowest BCUT2D eigenvalue weighted by atomic mass is 9.77. The number of ether oxygens (including phenoxy) is 1. The molecular formula is C21H28N4O3. The Balaban J connectivity index is 1.33. The Morgan fingerprint density at radius 3 is 2.79 bits per heavy atom. The van der Waals surface area contributed by atoms with Gasteiger partial charge in [-0.2, -0.15) is 4.98 Å². The molecule has 2 aromatic rings. The summed E-state index contributed by atoms with van der Waals surface area (Å²) in [5, 5.41) is 4.05. The topological polar surface area (TPSA) is 71.7 Å². The predicted octanol–water partition coefficient (Wildman–Crippen LogP) is 2.66. The Morgan fingerprint density at radius 1 is 1.25 bits per heavy atom. The van der Waals surface area contributed by atoms with E-state index in [0.717, 1.165) is 62.6 Å². The summed E-state index contributed by atoms with van der Waals surface area (Å²) in [4.78, 5) is 21.4. The molecule has 0 saturated carbocycles. The number of aryl methyl sites for hydroxylation is 1. The number of piperidine rings is 1. The van der Waals surface area contributed by atoms with Gasteiger partial charge >= 0.3 is 0 Å². The van der Waals surface area contributed by atoms with E-state index in [1.54, 1.807) is 7.11 Å². The zero-order valence-electron chi connectivity index (χ0n) is 16.7. The minimum Gasteiger partial charge on any atom is -0.497 e. The van der Waals surface area contributed by atoms with Gasteiger partial charge < -0.3 is 14.2 Å². The molecule has 0 atom stereocenters. The number of hydrogen-bond donors (Lipinski definition) is 0. The van der Waals surface area contributed by atoms with Crippen LogP contribution in [0.15, 0.2) is 28.8 Å². The van der Waals surface area contributed by atoms with E-state index in [2.05, 4.69) is 21.1 Å². The van der Waals surface area contributed by atoms with Crippen LogP contribution in [-0.4, -0.2) is 52.6 Å². The molecule has 3 heterocycles. The minimum atomic E-state index is 0.109. The summed E-state index contributed by atoms with van der Waals surface area (Å²) in [5.74, 6) is 2.55. The van der Waals surface area contributed by atoms with E-state index in [9.17, 15) is 4.79 Å². The highest BCUT2D eigenvalue weighted by molar-refractivity contribution is 5.79. The maximum Gasteiger partial charge on any atom is 0.226 e. The number of carbonyl (C=O) groups is 1. The van der Waals surface area contributed by atoms with Crippen molar-refractivity contribution < 1.29 is 14.1 Å². The van der Waals surface area contributed by atoms with E-state index in [1.807, 2.05) is 30.0 Å². The Labute approximate surface area is 165 Å². The van der Waals surface area contributed by atoms with Crippen molar-refractivity contribution in [1.82, 2.24) is 19.9 Å². The number of rotatable bonds is 6. The van der Waals surface area contributed by atoms with Gasteiger partial charge in [-0.3, -0.25) is 9.69 Å². The Bertz CT molecular complexity index is 827. The second-order valence-corrected chi connectivity index (χ2v) is 8.01. The highest BCUT2D eigenvalue weighted by Crippen LogP contribution is 2.41. The maximum atomic E-state index is 12.7. The van der Waals surface area contributed by atoms with Crippen molar-refractivity contribution in [3.63, 3.8) is 0 Å². The van der Waals surface area contributed by atoms with Crippen LogP contribution in [-0.2, 0) is 24.3 Å². The number of hydrogen-bond acceptors (Lipinski definition) is 6. The fourth-order valence-corrected chi connectivity index (χ4v) is 4.34. The lowest BCUT2D eigenvalue weighted by Gasteiger charge is -2.38. The van der Waals surface area contributed by atoms with Crippen LogP contribution in [0.3, 0.4) is 0 Å². The first-order valence-corrected chi connectivity index (χ1v) is 10.0. The van der Waals surface area contributed by atoms with Gasteiger partial charge in [-0.15, -0.1) is 0 Å². The summed E-state index contributed by atoms with van der Waals surface area (Å²) >= 11 is 0. The van der Waals surface area contributed by atoms with E-state index in [1.165, 1.54) is 0 Å². The number of aromatic nitrogens is 2. The molecule has 1 aromatic heterocycles. The fourth-order valence-electron chi connectivity index (χ4n) is 4.34. The van der Waals surface area contributed by atoms with E-state index in [-0.39, 0.29) is 11.3 Å². The Hall–Kier alpha value is -2.41. The van der Waals surface area contributed by atoms with Gasteiger partial charge in [0.15, 0.2) is 5.82 Å². The van der Waals surface area contributed by atoms with Gasteiger partial charge in [0, 0.05) is 25.9 Å². The highest BCUT2D eigenvalue weighted by atomic mass is 16.5. The molecule has 7 heteroatoms. The van der Waals surface area contributed by atoms with Gasteiger partial charge in [-0.25, -0.2) is 0 Å². The summed E-state index contributed by atoms with van der Waals surface area (Å²) in [5.41, 5.74) is 1.23. The predicted molar refractivity (Wildman–Crippen MR) is 104 cm³/mol. The Morgan fingerprint density at radius 2 is 2.07 bits per heavy atom. The minimum absolute atomic E-state index is 0.109. The molecule has 28 heavy (non-hydrogen) atoms. The van der Waals surface area contributed by atoms with E-state index in [4.69, 9.17) is 9.26 Å². The second-order valence-electron chi connectivity index (χ2n) is 8.01. The molecule has 150 valence electrons. The molecule has 0 unspecified atom stereocenters. The largest absolute Gasteiger partial charge is 0.497 e. The van der Waals surface area contributed by atoms with Crippen molar-refractivity contribution in [2.45, 2.75) is 45.7 Å². The fraction of sp³-hybridized carbons (Fsp3) is 0.571. The zero-order chi connectivity index (χ0) is 19.6. The Kier molecular flexibility index (Phi) is 5.35. The van der Waals surface area contributed by atoms with Crippen molar-refractivity contribution >= 4 is 5.91 Å². The molecule has 2 fully saturated rings. The summed E-state index contributed by atoms with van der Waals surface area (Å²) in [6.45, 7) is 6.17. The number of amides is 1. The number of nitrogens with zero attached hydrogens (tertiary/aromatic N) is 4. The summed E-state index contributed by atoms with van der Waals surface area (Å²) < 4.78 is 10.5. The first-order chi connectivity index (χ1) is 13.6.